The molecule has 2 unspecified atom stereocenters. The van der Waals surface area contributed by atoms with Crippen LogP contribution in [-0.2, 0) is 11.8 Å². The van der Waals surface area contributed by atoms with Crippen LogP contribution in [0.3, 0.4) is 0 Å². The first-order valence-corrected chi connectivity index (χ1v) is 6.16. The van der Waals surface area contributed by atoms with Gasteiger partial charge in [0.15, 0.2) is 0 Å². The maximum Gasteiger partial charge on any atom is 0.0912 e. The van der Waals surface area contributed by atoms with Gasteiger partial charge in [-0.1, -0.05) is 11.6 Å². The van der Waals surface area contributed by atoms with Gasteiger partial charge in [0.2, 0.25) is 0 Å². The van der Waals surface area contributed by atoms with Crippen molar-refractivity contribution in [2.75, 3.05) is 33.8 Å². The molecule has 0 radical (unpaired) electrons. The lowest BCUT2D eigenvalue weighted by Gasteiger charge is -2.35. The topological polar surface area (TPSA) is 42.3 Å². The first-order valence-electron chi connectivity index (χ1n) is 5.78. The molecule has 17 heavy (non-hydrogen) atoms. The van der Waals surface area contributed by atoms with Gasteiger partial charge in [0, 0.05) is 20.1 Å². The lowest BCUT2D eigenvalue weighted by molar-refractivity contribution is -0.0392. The van der Waals surface area contributed by atoms with Crippen LogP contribution in [0.4, 0.5) is 0 Å². The quantitative estimate of drug-likeness (QED) is 0.865. The van der Waals surface area contributed by atoms with Crippen LogP contribution in [0.5, 0.6) is 0 Å². The lowest BCUT2D eigenvalue weighted by atomic mass is 10.1. The summed E-state index contributed by atoms with van der Waals surface area (Å²) in [5.41, 5.74) is 0.981. The van der Waals surface area contributed by atoms with Gasteiger partial charge in [0.1, 0.15) is 0 Å². The van der Waals surface area contributed by atoms with E-state index in [0.717, 1.165) is 25.4 Å². The van der Waals surface area contributed by atoms with E-state index in [1.165, 1.54) is 0 Å². The highest BCUT2D eigenvalue weighted by atomic mass is 35.5. The van der Waals surface area contributed by atoms with Crippen molar-refractivity contribution < 1.29 is 4.74 Å². The average Bonchev–Trinajstić information content (AvgIpc) is 2.62. The van der Waals surface area contributed by atoms with Gasteiger partial charge in [0.05, 0.1) is 35.7 Å². The molecule has 1 saturated heterocycles. The number of nitrogens with zero attached hydrogens (tertiary/aromatic N) is 3. The molecule has 1 aliphatic heterocycles. The zero-order valence-electron chi connectivity index (χ0n) is 10.5. The molecular formula is C11H19ClN4O. The van der Waals surface area contributed by atoms with Crippen LogP contribution in [-0.4, -0.2) is 54.6 Å². The maximum absolute atomic E-state index is 6.18. The molecule has 96 valence electrons. The predicted octanol–water partition coefficient (Wildman–Crippen LogP) is 0.665. The van der Waals surface area contributed by atoms with Crippen LogP contribution in [0.25, 0.3) is 0 Å². The van der Waals surface area contributed by atoms with Gasteiger partial charge in [-0.3, -0.25) is 4.68 Å². The summed E-state index contributed by atoms with van der Waals surface area (Å²) >= 11 is 6.18. The third-order valence-electron chi connectivity index (χ3n) is 3.21. The zero-order valence-corrected chi connectivity index (χ0v) is 11.2. The Bertz CT molecular complexity index is 362. The molecule has 0 aromatic carbocycles. The molecule has 1 aromatic heterocycles. The molecule has 1 fully saturated rings. The van der Waals surface area contributed by atoms with Crippen molar-refractivity contribution in [3.63, 3.8) is 0 Å². The molecule has 2 rings (SSSR count). The molecule has 2 heterocycles. The minimum absolute atomic E-state index is 0.0674. The van der Waals surface area contributed by atoms with E-state index in [9.17, 15) is 0 Å². The van der Waals surface area contributed by atoms with Crippen LogP contribution in [0.2, 0.25) is 5.02 Å². The molecule has 1 aromatic rings. The Balaban J connectivity index is 2.21. The summed E-state index contributed by atoms with van der Waals surface area (Å²) in [6.07, 6.45) is 1.78. The molecule has 0 bridgehead atoms. The molecular weight excluding hydrogens is 240 g/mol. The molecule has 0 spiro atoms. The Hall–Kier alpha value is -0.620. The monoisotopic (exact) mass is 258 g/mol. The highest BCUT2D eigenvalue weighted by Gasteiger charge is 2.30. The highest BCUT2D eigenvalue weighted by Crippen LogP contribution is 2.27. The van der Waals surface area contributed by atoms with E-state index >= 15 is 0 Å². The summed E-state index contributed by atoms with van der Waals surface area (Å²) in [6, 6.07) is 0.0674. The van der Waals surface area contributed by atoms with E-state index in [1.807, 2.05) is 18.8 Å². The Morgan fingerprint density at radius 3 is 2.88 bits per heavy atom. The van der Waals surface area contributed by atoms with E-state index in [4.69, 9.17) is 16.3 Å². The van der Waals surface area contributed by atoms with Crippen molar-refractivity contribution >= 4 is 11.6 Å². The second kappa shape index (κ2) is 5.35. The van der Waals surface area contributed by atoms with Gasteiger partial charge >= 0.3 is 0 Å². The molecule has 2 atom stereocenters. The van der Waals surface area contributed by atoms with Crippen LogP contribution in [0.15, 0.2) is 6.20 Å². The number of rotatable bonds is 3. The van der Waals surface area contributed by atoms with Crippen LogP contribution in [0.1, 0.15) is 11.7 Å². The molecule has 0 aliphatic carbocycles. The summed E-state index contributed by atoms with van der Waals surface area (Å²) in [7, 11) is 5.93. The molecule has 1 aliphatic rings. The highest BCUT2D eigenvalue weighted by molar-refractivity contribution is 6.31. The SMILES string of the molecule is CNC(c1c(Cl)cnn1C)C1CN(C)CCO1. The zero-order chi connectivity index (χ0) is 12.4. The number of hydrogen-bond donors (Lipinski definition) is 1. The Labute approximate surface area is 107 Å². The number of aryl methyl sites for hydroxylation is 1. The Morgan fingerprint density at radius 1 is 1.59 bits per heavy atom. The molecule has 0 saturated carbocycles. The first-order chi connectivity index (χ1) is 8.13. The van der Waals surface area contributed by atoms with Gasteiger partial charge in [-0.15, -0.1) is 0 Å². The second-order valence-electron chi connectivity index (χ2n) is 4.44. The summed E-state index contributed by atoms with van der Waals surface area (Å²) in [4.78, 5) is 2.27. The van der Waals surface area contributed by atoms with Gasteiger partial charge in [-0.05, 0) is 14.1 Å². The molecule has 6 heteroatoms. The summed E-state index contributed by atoms with van der Waals surface area (Å²) in [5, 5.41) is 8.14. The van der Waals surface area contributed by atoms with Crippen LogP contribution in [0, 0.1) is 0 Å². The van der Waals surface area contributed by atoms with Gasteiger partial charge in [-0.25, -0.2) is 0 Å². The molecule has 1 N–H and O–H groups in total. The summed E-state index contributed by atoms with van der Waals surface area (Å²) in [6.45, 7) is 2.63. The molecule has 5 nitrogen and oxygen atoms in total. The fraction of sp³-hybridized carbons (Fsp3) is 0.727. The minimum atomic E-state index is 0.0674. The van der Waals surface area contributed by atoms with Crippen molar-refractivity contribution in [2.24, 2.45) is 7.05 Å². The van der Waals surface area contributed by atoms with E-state index in [1.54, 1.807) is 6.20 Å². The molecule has 0 amide bonds. The smallest absolute Gasteiger partial charge is 0.0912 e. The van der Waals surface area contributed by atoms with Gasteiger partial charge in [0.25, 0.3) is 0 Å². The summed E-state index contributed by atoms with van der Waals surface area (Å²) < 4.78 is 7.64. The van der Waals surface area contributed by atoms with Gasteiger partial charge in [-0.2, -0.15) is 5.10 Å². The number of aromatic nitrogens is 2. The van der Waals surface area contributed by atoms with Crippen molar-refractivity contribution in [2.45, 2.75) is 12.1 Å². The number of halogens is 1. The third-order valence-corrected chi connectivity index (χ3v) is 3.50. The van der Waals surface area contributed by atoms with Crippen molar-refractivity contribution in [1.82, 2.24) is 20.0 Å². The lowest BCUT2D eigenvalue weighted by Crippen LogP contribution is -2.46. The second-order valence-corrected chi connectivity index (χ2v) is 4.85. The minimum Gasteiger partial charge on any atom is -0.374 e. The number of morpholine rings is 1. The largest absolute Gasteiger partial charge is 0.374 e. The van der Waals surface area contributed by atoms with Crippen molar-refractivity contribution in [1.29, 1.82) is 0 Å². The fourth-order valence-corrected chi connectivity index (χ4v) is 2.56. The van der Waals surface area contributed by atoms with Crippen molar-refractivity contribution in [3.8, 4) is 0 Å². The average molecular weight is 259 g/mol. The summed E-state index contributed by atoms with van der Waals surface area (Å²) in [5.74, 6) is 0. The van der Waals surface area contributed by atoms with E-state index in [-0.39, 0.29) is 12.1 Å². The maximum atomic E-state index is 6.18. The normalized spacial score (nSPS) is 23.9. The standard InChI is InChI=1S/C11H19ClN4O/c1-13-10(9-7-15(2)4-5-17-9)11-8(12)6-14-16(11)3/h6,9-10,13H,4-5,7H2,1-3H3. The number of hydrogen-bond acceptors (Lipinski definition) is 4. The van der Waals surface area contributed by atoms with E-state index in [0.29, 0.717) is 5.02 Å². The number of ether oxygens (including phenoxy) is 1. The Kier molecular flexibility index (Phi) is 4.04. The third kappa shape index (κ3) is 2.63. The van der Waals surface area contributed by atoms with E-state index < -0.39 is 0 Å². The Morgan fingerprint density at radius 2 is 2.35 bits per heavy atom. The van der Waals surface area contributed by atoms with Crippen LogP contribution < -0.4 is 5.32 Å². The van der Waals surface area contributed by atoms with E-state index in [2.05, 4.69) is 22.4 Å². The fourth-order valence-electron chi connectivity index (χ4n) is 2.28. The van der Waals surface area contributed by atoms with Crippen LogP contribution >= 0.6 is 11.6 Å². The first kappa shape index (κ1) is 12.8. The van der Waals surface area contributed by atoms with Gasteiger partial charge < -0.3 is 15.0 Å². The predicted molar refractivity (Wildman–Crippen MR) is 67.3 cm³/mol. The number of nitrogens with one attached hydrogen (secondary N) is 1. The number of likely N-dealkylation sites (N-methyl/N-ethyl adjacent to an activating group) is 2. The van der Waals surface area contributed by atoms with Crippen molar-refractivity contribution in [3.05, 3.63) is 16.9 Å².